The summed E-state index contributed by atoms with van der Waals surface area (Å²) in [4.78, 5) is 27.7. The van der Waals surface area contributed by atoms with Gasteiger partial charge in [0.05, 0.1) is 16.6 Å². The van der Waals surface area contributed by atoms with E-state index < -0.39 is 5.97 Å². The molecule has 1 N–H and O–H groups in total. The van der Waals surface area contributed by atoms with Gasteiger partial charge in [0.25, 0.3) is 0 Å². The first kappa shape index (κ1) is 17.5. The van der Waals surface area contributed by atoms with Crippen LogP contribution in [0.3, 0.4) is 0 Å². The van der Waals surface area contributed by atoms with Crippen molar-refractivity contribution in [1.82, 2.24) is 4.90 Å². The summed E-state index contributed by atoms with van der Waals surface area (Å²) >= 11 is 1.12. The van der Waals surface area contributed by atoms with Crippen LogP contribution in [0.4, 0.5) is 5.69 Å². The van der Waals surface area contributed by atoms with E-state index >= 15 is 0 Å². The monoisotopic (exact) mass is 334 g/mol. The van der Waals surface area contributed by atoms with Gasteiger partial charge >= 0.3 is 5.97 Å². The van der Waals surface area contributed by atoms with Crippen LogP contribution >= 0.6 is 11.3 Å². The van der Waals surface area contributed by atoms with Crippen LogP contribution in [0, 0.1) is 17.3 Å². The Morgan fingerprint density at radius 1 is 1.52 bits per heavy atom. The SMILES string of the molecule is CN1CCC(N(C=O)c2cc(C#CC(C)(C)C)sc2C(=O)O)C1. The maximum absolute atomic E-state index is 11.6. The number of anilines is 1. The highest BCUT2D eigenvalue weighted by Crippen LogP contribution is 2.32. The molecule has 1 aromatic heterocycles. The van der Waals surface area contributed by atoms with E-state index in [0.29, 0.717) is 10.6 Å². The number of thiophene rings is 1. The molecule has 124 valence electrons. The molecule has 1 amide bonds. The molecule has 23 heavy (non-hydrogen) atoms. The molecule has 0 aromatic carbocycles. The third-order valence-electron chi connectivity index (χ3n) is 3.62. The predicted octanol–water partition coefficient (Wildman–Crippen LogP) is 2.51. The summed E-state index contributed by atoms with van der Waals surface area (Å²) in [7, 11) is 1.99. The number of hydrogen-bond acceptors (Lipinski definition) is 4. The zero-order valence-electron chi connectivity index (χ0n) is 13.9. The molecular weight excluding hydrogens is 312 g/mol. The van der Waals surface area contributed by atoms with Gasteiger partial charge in [0.2, 0.25) is 6.41 Å². The van der Waals surface area contributed by atoms with Gasteiger partial charge in [-0.05, 0) is 46.9 Å². The number of carboxylic acids is 1. The third-order valence-corrected chi connectivity index (χ3v) is 4.65. The van der Waals surface area contributed by atoms with Gasteiger partial charge in [0.15, 0.2) is 0 Å². The molecule has 1 fully saturated rings. The molecule has 1 aliphatic heterocycles. The molecule has 1 aromatic rings. The number of rotatable bonds is 4. The first-order valence-corrected chi connectivity index (χ1v) is 8.35. The molecule has 5 nitrogen and oxygen atoms in total. The molecule has 0 spiro atoms. The average Bonchev–Trinajstić information content (AvgIpc) is 3.04. The van der Waals surface area contributed by atoms with Crippen LogP contribution in [-0.4, -0.2) is 48.6 Å². The van der Waals surface area contributed by atoms with Crippen molar-refractivity contribution >= 4 is 29.4 Å². The van der Waals surface area contributed by atoms with Crippen molar-refractivity contribution in [3.63, 3.8) is 0 Å². The number of carboxylic acid groups (broad SMARTS) is 1. The minimum atomic E-state index is -1.02. The number of carbonyl (C=O) groups is 2. The number of likely N-dealkylation sites (tertiary alicyclic amines) is 1. The van der Waals surface area contributed by atoms with Crippen LogP contribution in [0.25, 0.3) is 0 Å². The average molecular weight is 334 g/mol. The molecular formula is C17H22N2O3S. The summed E-state index contributed by atoms with van der Waals surface area (Å²) < 4.78 is 0. The predicted molar refractivity (Wildman–Crippen MR) is 92.1 cm³/mol. The van der Waals surface area contributed by atoms with Gasteiger partial charge in [-0.3, -0.25) is 4.79 Å². The molecule has 0 radical (unpaired) electrons. The van der Waals surface area contributed by atoms with Gasteiger partial charge in [-0.1, -0.05) is 11.8 Å². The summed E-state index contributed by atoms with van der Waals surface area (Å²) in [6, 6.07) is 1.73. The number of nitrogens with zero attached hydrogens (tertiary/aromatic N) is 2. The topological polar surface area (TPSA) is 60.9 Å². The smallest absolute Gasteiger partial charge is 0.348 e. The standard InChI is InChI=1S/C17H22N2O3S/c1-17(2,3)7-5-13-9-14(15(23-13)16(21)22)19(11-20)12-6-8-18(4)10-12/h9,11-12H,6,8,10H2,1-4H3,(H,21,22). The van der Waals surface area contributed by atoms with Crippen molar-refractivity contribution < 1.29 is 14.7 Å². The van der Waals surface area contributed by atoms with E-state index in [2.05, 4.69) is 16.7 Å². The summed E-state index contributed by atoms with van der Waals surface area (Å²) in [6.07, 6.45) is 1.58. The maximum atomic E-state index is 11.6. The quantitative estimate of drug-likeness (QED) is 0.679. The van der Waals surface area contributed by atoms with Crippen LogP contribution in [0.1, 0.15) is 41.7 Å². The minimum absolute atomic E-state index is 0.00799. The Morgan fingerprint density at radius 2 is 2.22 bits per heavy atom. The van der Waals surface area contributed by atoms with Gasteiger partial charge in [-0.15, -0.1) is 11.3 Å². The minimum Gasteiger partial charge on any atom is -0.477 e. The van der Waals surface area contributed by atoms with Crippen LogP contribution < -0.4 is 4.90 Å². The van der Waals surface area contributed by atoms with Crippen molar-refractivity contribution in [2.24, 2.45) is 5.41 Å². The van der Waals surface area contributed by atoms with Crippen molar-refractivity contribution in [3.8, 4) is 11.8 Å². The van der Waals surface area contributed by atoms with E-state index in [1.807, 2.05) is 27.8 Å². The first-order chi connectivity index (χ1) is 10.7. The Bertz CT molecular complexity index is 664. The highest BCUT2D eigenvalue weighted by molar-refractivity contribution is 7.15. The Labute approximate surface area is 140 Å². The Kier molecular flexibility index (Phi) is 5.12. The molecule has 0 aliphatic carbocycles. The molecule has 2 rings (SSSR count). The van der Waals surface area contributed by atoms with E-state index in [-0.39, 0.29) is 16.3 Å². The molecule has 2 heterocycles. The largest absolute Gasteiger partial charge is 0.477 e. The lowest BCUT2D eigenvalue weighted by molar-refractivity contribution is -0.107. The zero-order valence-corrected chi connectivity index (χ0v) is 14.7. The molecule has 1 saturated heterocycles. The number of hydrogen-bond donors (Lipinski definition) is 1. The molecule has 1 unspecified atom stereocenters. The lowest BCUT2D eigenvalue weighted by atomic mass is 9.98. The van der Waals surface area contributed by atoms with Gasteiger partial charge in [-0.25, -0.2) is 4.79 Å². The molecule has 1 aliphatic rings. The number of carbonyl (C=O) groups excluding carboxylic acids is 1. The van der Waals surface area contributed by atoms with E-state index in [9.17, 15) is 14.7 Å². The summed E-state index contributed by atoms with van der Waals surface area (Å²) in [6.45, 7) is 7.64. The van der Waals surface area contributed by atoms with Gasteiger partial charge in [0.1, 0.15) is 4.88 Å². The lowest BCUT2D eigenvalue weighted by Crippen LogP contribution is -2.36. The van der Waals surface area contributed by atoms with Crippen molar-refractivity contribution in [3.05, 3.63) is 15.8 Å². The van der Waals surface area contributed by atoms with Crippen LogP contribution in [0.5, 0.6) is 0 Å². The fourth-order valence-corrected chi connectivity index (χ4v) is 3.36. The summed E-state index contributed by atoms with van der Waals surface area (Å²) in [5.41, 5.74) is 0.294. The Hall–Kier alpha value is -1.84. The third kappa shape index (κ3) is 4.34. The van der Waals surface area contributed by atoms with Crippen LogP contribution in [0.15, 0.2) is 6.07 Å². The zero-order chi connectivity index (χ0) is 17.2. The fourth-order valence-electron chi connectivity index (χ4n) is 2.52. The normalized spacial score (nSPS) is 18.3. The van der Waals surface area contributed by atoms with E-state index in [0.717, 1.165) is 37.3 Å². The Morgan fingerprint density at radius 3 is 2.70 bits per heavy atom. The molecule has 0 bridgehead atoms. The highest BCUT2D eigenvalue weighted by Gasteiger charge is 2.29. The van der Waals surface area contributed by atoms with E-state index in [1.54, 1.807) is 11.0 Å². The second-order valence-electron chi connectivity index (χ2n) is 6.85. The Balaban J connectivity index is 2.39. The van der Waals surface area contributed by atoms with Crippen LogP contribution in [0.2, 0.25) is 0 Å². The maximum Gasteiger partial charge on any atom is 0.348 e. The van der Waals surface area contributed by atoms with Gasteiger partial charge in [0, 0.05) is 12.0 Å². The van der Waals surface area contributed by atoms with Crippen molar-refractivity contribution in [2.45, 2.75) is 33.2 Å². The van der Waals surface area contributed by atoms with Crippen molar-refractivity contribution in [2.75, 3.05) is 25.0 Å². The van der Waals surface area contributed by atoms with Crippen molar-refractivity contribution in [1.29, 1.82) is 0 Å². The summed E-state index contributed by atoms with van der Waals surface area (Å²) in [5, 5.41) is 9.46. The molecule has 6 heteroatoms. The highest BCUT2D eigenvalue weighted by atomic mass is 32.1. The van der Waals surface area contributed by atoms with E-state index in [1.165, 1.54) is 0 Å². The molecule has 1 atom stereocenters. The number of aromatic carboxylic acids is 1. The first-order valence-electron chi connectivity index (χ1n) is 7.54. The second-order valence-corrected chi connectivity index (χ2v) is 7.90. The summed E-state index contributed by atoms with van der Waals surface area (Å²) in [5.74, 6) is 5.11. The number of likely N-dealkylation sites (N-methyl/N-ethyl adjacent to an activating group) is 1. The molecule has 0 saturated carbocycles. The van der Waals surface area contributed by atoms with Crippen LogP contribution in [-0.2, 0) is 4.79 Å². The lowest BCUT2D eigenvalue weighted by Gasteiger charge is -2.24. The van der Waals surface area contributed by atoms with E-state index in [4.69, 9.17) is 0 Å². The number of amides is 1. The second kappa shape index (κ2) is 6.73. The van der Waals surface area contributed by atoms with Gasteiger partial charge in [-0.2, -0.15) is 0 Å². The fraction of sp³-hybridized carbons (Fsp3) is 0.529. The van der Waals surface area contributed by atoms with Gasteiger partial charge < -0.3 is 14.9 Å².